The van der Waals surface area contributed by atoms with Gasteiger partial charge < -0.3 is 0 Å². The van der Waals surface area contributed by atoms with Crippen LogP contribution in [0.25, 0.3) is 0 Å². The maximum atomic E-state index is 13.2. The van der Waals surface area contributed by atoms with Gasteiger partial charge in [0.15, 0.2) is 9.84 Å². The van der Waals surface area contributed by atoms with Gasteiger partial charge in [-0.25, -0.2) is 16.8 Å². The van der Waals surface area contributed by atoms with E-state index in [4.69, 9.17) is 0 Å². The highest BCUT2D eigenvalue weighted by atomic mass is 32.2. The minimum absolute atomic E-state index is 0.0624. The zero-order valence-corrected chi connectivity index (χ0v) is 15.7. The monoisotopic (exact) mass is 359 g/mol. The van der Waals surface area contributed by atoms with Crippen molar-refractivity contribution in [3.05, 3.63) is 29.3 Å². The lowest BCUT2D eigenvalue weighted by molar-refractivity contribution is 0.271. The molecule has 23 heavy (non-hydrogen) atoms. The van der Waals surface area contributed by atoms with E-state index < -0.39 is 25.9 Å². The Morgan fingerprint density at radius 1 is 1.30 bits per heavy atom. The van der Waals surface area contributed by atoms with Gasteiger partial charge in [-0.1, -0.05) is 19.1 Å². The summed E-state index contributed by atoms with van der Waals surface area (Å²) in [4.78, 5) is 0.280. The van der Waals surface area contributed by atoms with Gasteiger partial charge in [-0.15, -0.1) is 0 Å². The van der Waals surface area contributed by atoms with Crippen molar-refractivity contribution in [2.75, 3.05) is 11.5 Å². The molecule has 5 nitrogen and oxygen atoms in total. The van der Waals surface area contributed by atoms with Crippen LogP contribution in [-0.2, 0) is 19.9 Å². The third-order valence-electron chi connectivity index (χ3n) is 4.49. The van der Waals surface area contributed by atoms with Crippen LogP contribution in [0.5, 0.6) is 0 Å². The molecule has 1 fully saturated rings. The van der Waals surface area contributed by atoms with Gasteiger partial charge in [0.1, 0.15) is 0 Å². The van der Waals surface area contributed by atoms with Crippen LogP contribution in [-0.4, -0.2) is 44.7 Å². The smallest absolute Gasteiger partial charge is 0.229 e. The standard InChI is InChI=1S/C16H25NO4S2/c1-5-14(4)17(15-8-9-22(18,19)11-15)23(20,21)16-10-12(2)6-7-13(16)3/h6-7,10,14-15H,5,8-9,11H2,1-4H3/t14-,15-/m0/s1. The topological polar surface area (TPSA) is 71.5 Å². The molecule has 0 spiro atoms. The fourth-order valence-electron chi connectivity index (χ4n) is 3.05. The highest BCUT2D eigenvalue weighted by Crippen LogP contribution is 2.30. The van der Waals surface area contributed by atoms with Gasteiger partial charge in [-0.05, 0) is 50.8 Å². The molecule has 1 saturated heterocycles. The third kappa shape index (κ3) is 3.78. The second-order valence-corrected chi connectivity index (χ2v) is 10.5. The van der Waals surface area contributed by atoms with Gasteiger partial charge >= 0.3 is 0 Å². The molecule has 0 N–H and O–H groups in total. The molecular formula is C16H25NO4S2. The number of sulfone groups is 1. The third-order valence-corrected chi connectivity index (χ3v) is 8.45. The van der Waals surface area contributed by atoms with E-state index in [0.717, 1.165) is 5.56 Å². The fraction of sp³-hybridized carbons (Fsp3) is 0.625. The first-order chi connectivity index (χ1) is 10.6. The summed E-state index contributed by atoms with van der Waals surface area (Å²) in [6, 6.07) is 4.63. The summed E-state index contributed by atoms with van der Waals surface area (Å²) in [5, 5.41) is 0. The summed E-state index contributed by atoms with van der Waals surface area (Å²) in [6.45, 7) is 7.38. The van der Waals surface area contributed by atoms with Crippen LogP contribution in [0.3, 0.4) is 0 Å². The Balaban J connectivity index is 2.52. The highest BCUT2D eigenvalue weighted by Gasteiger charge is 2.41. The number of hydrogen-bond donors (Lipinski definition) is 0. The predicted molar refractivity (Wildman–Crippen MR) is 91.8 cm³/mol. The molecule has 1 aromatic rings. The van der Waals surface area contributed by atoms with Crippen molar-refractivity contribution in [2.45, 2.75) is 57.5 Å². The lowest BCUT2D eigenvalue weighted by Gasteiger charge is -2.33. The maximum absolute atomic E-state index is 13.2. The average Bonchev–Trinajstić information content (AvgIpc) is 2.80. The Kier molecular flexibility index (Phi) is 5.23. The Morgan fingerprint density at radius 2 is 1.96 bits per heavy atom. The summed E-state index contributed by atoms with van der Waals surface area (Å²) in [5.41, 5.74) is 1.56. The minimum atomic E-state index is -3.73. The molecule has 0 saturated carbocycles. The van der Waals surface area contributed by atoms with Crippen molar-refractivity contribution in [1.82, 2.24) is 4.31 Å². The lowest BCUT2D eigenvalue weighted by atomic mass is 10.2. The van der Waals surface area contributed by atoms with E-state index in [1.807, 2.05) is 26.8 Å². The van der Waals surface area contributed by atoms with Gasteiger partial charge in [0.05, 0.1) is 16.4 Å². The second-order valence-electron chi connectivity index (χ2n) is 6.42. The molecule has 130 valence electrons. The first-order valence-corrected chi connectivity index (χ1v) is 11.2. The molecule has 1 heterocycles. The van der Waals surface area contributed by atoms with Crippen molar-refractivity contribution >= 4 is 19.9 Å². The normalized spacial score (nSPS) is 22.4. The molecule has 0 radical (unpaired) electrons. The first kappa shape index (κ1) is 18.4. The Bertz CT molecular complexity index is 784. The van der Waals surface area contributed by atoms with E-state index in [1.165, 1.54) is 4.31 Å². The zero-order chi connectivity index (χ0) is 17.4. The van der Waals surface area contributed by atoms with E-state index in [0.29, 0.717) is 18.4 Å². The van der Waals surface area contributed by atoms with Crippen molar-refractivity contribution in [3.8, 4) is 0 Å². The Labute approximate surface area is 139 Å². The second kappa shape index (κ2) is 6.53. The number of hydrogen-bond acceptors (Lipinski definition) is 4. The largest absolute Gasteiger partial charge is 0.243 e. The molecule has 2 rings (SSSR count). The van der Waals surface area contributed by atoms with Gasteiger partial charge in [-0.3, -0.25) is 0 Å². The molecule has 1 aliphatic rings. The molecule has 0 aromatic heterocycles. The molecule has 0 aliphatic carbocycles. The first-order valence-electron chi connectivity index (χ1n) is 7.89. The van der Waals surface area contributed by atoms with Gasteiger partial charge in [0.2, 0.25) is 10.0 Å². The van der Waals surface area contributed by atoms with Crippen molar-refractivity contribution in [3.63, 3.8) is 0 Å². The van der Waals surface area contributed by atoms with Crippen molar-refractivity contribution < 1.29 is 16.8 Å². The van der Waals surface area contributed by atoms with Gasteiger partial charge in [-0.2, -0.15) is 4.31 Å². The molecule has 1 aliphatic heterocycles. The molecule has 2 atom stereocenters. The lowest BCUT2D eigenvalue weighted by Crippen LogP contribution is -2.46. The minimum Gasteiger partial charge on any atom is -0.229 e. The van der Waals surface area contributed by atoms with Crippen LogP contribution in [0.4, 0.5) is 0 Å². The Morgan fingerprint density at radius 3 is 2.48 bits per heavy atom. The molecule has 0 unspecified atom stereocenters. The summed E-state index contributed by atoms with van der Waals surface area (Å²) < 4.78 is 51.5. The average molecular weight is 360 g/mol. The molecule has 7 heteroatoms. The number of sulfonamides is 1. The maximum Gasteiger partial charge on any atom is 0.243 e. The number of rotatable bonds is 5. The summed E-state index contributed by atoms with van der Waals surface area (Å²) in [6.07, 6.45) is 1.01. The van der Waals surface area contributed by atoms with E-state index in [9.17, 15) is 16.8 Å². The van der Waals surface area contributed by atoms with E-state index in [-0.39, 0.29) is 22.4 Å². The molecular weight excluding hydrogens is 334 g/mol. The quantitative estimate of drug-likeness (QED) is 0.808. The van der Waals surface area contributed by atoms with Crippen LogP contribution in [0.15, 0.2) is 23.1 Å². The summed E-state index contributed by atoms with van der Waals surface area (Å²) in [5.74, 6) is -0.0195. The van der Waals surface area contributed by atoms with Crippen LogP contribution in [0.1, 0.15) is 37.8 Å². The van der Waals surface area contributed by atoms with E-state index in [1.54, 1.807) is 19.1 Å². The number of aryl methyl sites for hydroxylation is 2. The fourth-order valence-corrected chi connectivity index (χ4v) is 7.09. The van der Waals surface area contributed by atoms with Gasteiger partial charge in [0, 0.05) is 12.1 Å². The SMILES string of the molecule is CC[C@H](C)N([C@H]1CCS(=O)(=O)C1)S(=O)(=O)c1cc(C)ccc1C. The predicted octanol–water partition coefficient (Wildman–Crippen LogP) is 2.28. The van der Waals surface area contributed by atoms with E-state index >= 15 is 0 Å². The van der Waals surface area contributed by atoms with E-state index in [2.05, 4.69) is 0 Å². The van der Waals surface area contributed by atoms with Crippen molar-refractivity contribution in [1.29, 1.82) is 0 Å². The number of benzene rings is 1. The van der Waals surface area contributed by atoms with Gasteiger partial charge in [0.25, 0.3) is 0 Å². The van der Waals surface area contributed by atoms with Crippen LogP contribution in [0, 0.1) is 13.8 Å². The molecule has 0 amide bonds. The molecule has 1 aromatic carbocycles. The van der Waals surface area contributed by atoms with Crippen LogP contribution in [0.2, 0.25) is 0 Å². The summed E-state index contributed by atoms with van der Waals surface area (Å²) in [7, 11) is -6.88. The summed E-state index contributed by atoms with van der Waals surface area (Å²) >= 11 is 0. The highest BCUT2D eigenvalue weighted by molar-refractivity contribution is 7.92. The van der Waals surface area contributed by atoms with Crippen molar-refractivity contribution in [2.24, 2.45) is 0 Å². The zero-order valence-electron chi connectivity index (χ0n) is 14.1. The molecule has 0 bridgehead atoms. The Hall–Kier alpha value is -0.920. The van der Waals surface area contributed by atoms with Crippen LogP contribution < -0.4 is 0 Å². The number of nitrogens with zero attached hydrogens (tertiary/aromatic N) is 1. The van der Waals surface area contributed by atoms with Crippen LogP contribution >= 0.6 is 0 Å².